The third-order valence-electron chi connectivity index (χ3n) is 5.13. The van der Waals surface area contributed by atoms with E-state index in [1.165, 1.54) is 11.3 Å². The highest BCUT2D eigenvalue weighted by atomic mass is 16.2. The number of carbonyl (C=O) groups excluding carboxylic acids is 1. The molecule has 27 heavy (non-hydrogen) atoms. The van der Waals surface area contributed by atoms with Gasteiger partial charge in [0.15, 0.2) is 0 Å². The van der Waals surface area contributed by atoms with Crippen LogP contribution in [0, 0.1) is 6.92 Å². The number of nitrogens with one attached hydrogen (secondary N) is 1. The zero-order valence-electron chi connectivity index (χ0n) is 15.9. The Labute approximate surface area is 159 Å². The highest BCUT2D eigenvalue weighted by Crippen LogP contribution is 2.25. The second kappa shape index (κ2) is 7.40. The number of nitrogens with zero attached hydrogens (tertiary/aromatic N) is 4. The smallest absolute Gasteiger partial charge is 0.236 e. The van der Waals surface area contributed by atoms with E-state index in [9.17, 15) is 4.79 Å². The number of amides is 1. The second-order valence-electron chi connectivity index (χ2n) is 7.04. The van der Waals surface area contributed by atoms with Gasteiger partial charge in [0.1, 0.15) is 0 Å². The van der Waals surface area contributed by atoms with Crippen molar-refractivity contribution in [2.75, 3.05) is 44.7 Å². The van der Waals surface area contributed by atoms with E-state index in [2.05, 4.69) is 64.7 Å². The highest BCUT2D eigenvalue weighted by molar-refractivity contribution is 5.84. The molecule has 1 saturated heterocycles. The Bertz CT molecular complexity index is 956. The Morgan fingerprint density at radius 3 is 2.63 bits per heavy atom. The maximum Gasteiger partial charge on any atom is 0.236 e. The van der Waals surface area contributed by atoms with Gasteiger partial charge in [-0.15, -0.1) is 0 Å². The summed E-state index contributed by atoms with van der Waals surface area (Å²) in [6, 6.07) is 14.9. The number of benzene rings is 2. The number of piperazine rings is 1. The Morgan fingerprint density at radius 1 is 1.07 bits per heavy atom. The van der Waals surface area contributed by atoms with Crippen LogP contribution in [0.2, 0.25) is 0 Å². The van der Waals surface area contributed by atoms with Gasteiger partial charge < -0.3 is 15.1 Å². The number of aromatic nitrogens is 2. The van der Waals surface area contributed by atoms with Crippen molar-refractivity contribution in [1.29, 1.82) is 0 Å². The molecule has 1 N–H and O–H groups in total. The standard InChI is InChI=1S/C21H25N5O/c1-16-4-3-5-19(12-16)26-20-13-18(7-6-17(20)14-23-26)24-8-10-25(11-9-24)21(27)15-22-2/h3-7,12-14,22H,8-11,15H2,1-2H3. The Morgan fingerprint density at radius 2 is 1.89 bits per heavy atom. The lowest BCUT2D eigenvalue weighted by atomic mass is 10.2. The number of hydrogen-bond acceptors (Lipinski definition) is 4. The van der Waals surface area contributed by atoms with Gasteiger partial charge in [0.25, 0.3) is 0 Å². The molecule has 3 aromatic rings. The van der Waals surface area contributed by atoms with Crippen LogP contribution in [0.3, 0.4) is 0 Å². The van der Waals surface area contributed by atoms with E-state index in [-0.39, 0.29) is 5.91 Å². The second-order valence-corrected chi connectivity index (χ2v) is 7.04. The fourth-order valence-corrected chi connectivity index (χ4v) is 3.65. The monoisotopic (exact) mass is 363 g/mol. The molecule has 1 amide bonds. The SMILES string of the molecule is CNCC(=O)N1CCN(c2ccc3cnn(-c4cccc(C)c4)c3c2)CC1. The Hall–Kier alpha value is -2.86. The van der Waals surface area contributed by atoms with Crippen LogP contribution in [-0.2, 0) is 4.79 Å². The van der Waals surface area contributed by atoms with Crippen molar-refractivity contribution in [3.63, 3.8) is 0 Å². The largest absolute Gasteiger partial charge is 0.368 e. The summed E-state index contributed by atoms with van der Waals surface area (Å²) in [7, 11) is 1.81. The fraction of sp³-hybridized carbons (Fsp3) is 0.333. The fourth-order valence-electron chi connectivity index (χ4n) is 3.65. The molecule has 0 bridgehead atoms. The summed E-state index contributed by atoms with van der Waals surface area (Å²) in [5, 5.41) is 8.65. The molecular weight excluding hydrogens is 338 g/mol. The maximum absolute atomic E-state index is 12.0. The number of fused-ring (bicyclic) bond motifs is 1. The molecule has 1 fully saturated rings. The summed E-state index contributed by atoms with van der Waals surface area (Å²) in [5.41, 5.74) is 4.57. The van der Waals surface area contributed by atoms with Crippen LogP contribution in [-0.4, -0.2) is 60.4 Å². The molecule has 6 nitrogen and oxygen atoms in total. The molecule has 0 unspecified atom stereocenters. The van der Waals surface area contributed by atoms with Crippen molar-refractivity contribution in [1.82, 2.24) is 20.0 Å². The molecule has 1 aliphatic heterocycles. The quantitative estimate of drug-likeness (QED) is 0.772. The van der Waals surface area contributed by atoms with E-state index in [1.807, 2.05) is 15.8 Å². The first kappa shape index (κ1) is 17.5. The third-order valence-corrected chi connectivity index (χ3v) is 5.13. The lowest BCUT2D eigenvalue weighted by Crippen LogP contribution is -2.50. The van der Waals surface area contributed by atoms with Gasteiger partial charge in [-0.25, -0.2) is 4.68 Å². The van der Waals surface area contributed by atoms with Crippen LogP contribution < -0.4 is 10.2 Å². The van der Waals surface area contributed by atoms with Crippen molar-refractivity contribution < 1.29 is 4.79 Å². The zero-order valence-corrected chi connectivity index (χ0v) is 15.9. The average Bonchev–Trinajstić information content (AvgIpc) is 3.11. The first-order chi connectivity index (χ1) is 13.2. The van der Waals surface area contributed by atoms with Crippen LogP contribution in [0.1, 0.15) is 5.56 Å². The van der Waals surface area contributed by atoms with Gasteiger partial charge in [-0.2, -0.15) is 5.10 Å². The van der Waals surface area contributed by atoms with Crippen molar-refractivity contribution in [2.24, 2.45) is 0 Å². The van der Waals surface area contributed by atoms with E-state index < -0.39 is 0 Å². The van der Waals surface area contributed by atoms with Crippen LogP contribution >= 0.6 is 0 Å². The van der Waals surface area contributed by atoms with Gasteiger partial charge in [-0.3, -0.25) is 4.79 Å². The van der Waals surface area contributed by atoms with E-state index in [0.717, 1.165) is 42.8 Å². The normalized spacial score (nSPS) is 14.7. The van der Waals surface area contributed by atoms with Gasteiger partial charge in [0.05, 0.1) is 23.9 Å². The van der Waals surface area contributed by atoms with Gasteiger partial charge in [-0.1, -0.05) is 12.1 Å². The van der Waals surface area contributed by atoms with E-state index in [0.29, 0.717) is 6.54 Å². The van der Waals surface area contributed by atoms with E-state index in [1.54, 1.807) is 7.05 Å². The first-order valence-corrected chi connectivity index (χ1v) is 9.38. The number of anilines is 1. The molecule has 0 saturated carbocycles. The van der Waals surface area contributed by atoms with Crippen molar-refractivity contribution in [2.45, 2.75) is 6.92 Å². The van der Waals surface area contributed by atoms with Crippen molar-refractivity contribution >= 4 is 22.5 Å². The van der Waals surface area contributed by atoms with Gasteiger partial charge >= 0.3 is 0 Å². The van der Waals surface area contributed by atoms with Crippen molar-refractivity contribution in [3.05, 3.63) is 54.2 Å². The summed E-state index contributed by atoms with van der Waals surface area (Å²) < 4.78 is 2.00. The minimum absolute atomic E-state index is 0.171. The molecule has 6 heteroatoms. The maximum atomic E-state index is 12.0. The predicted molar refractivity (Wildman–Crippen MR) is 109 cm³/mol. The summed E-state index contributed by atoms with van der Waals surface area (Å²) in [4.78, 5) is 16.3. The van der Waals surface area contributed by atoms with Crippen LogP contribution in [0.5, 0.6) is 0 Å². The zero-order chi connectivity index (χ0) is 18.8. The molecule has 1 aromatic heterocycles. The molecule has 4 rings (SSSR count). The van der Waals surface area contributed by atoms with Crippen LogP contribution in [0.25, 0.3) is 16.6 Å². The average molecular weight is 363 g/mol. The Kier molecular flexibility index (Phi) is 4.81. The lowest BCUT2D eigenvalue weighted by molar-refractivity contribution is -0.130. The third kappa shape index (κ3) is 3.53. The number of aryl methyl sites for hydroxylation is 1. The molecule has 0 spiro atoms. The van der Waals surface area contributed by atoms with Gasteiger partial charge in [0.2, 0.25) is 5.91 Å². The molecular formula is C21H25N5O. The Balaban J connectivity index is 1.57. The molecule has 0 atom stereocenters. The molecule has 2 aromatic carbocycles. The molecule has 1 aliphatic rings. The number of likely N-dealkylation sites (N-methyl/N-ethyl adjacent to an activating group) is 1. The number of carbonyl (C=O) groups is 1. The summed E-state index contributed by atoms with van der Waals surface area (Å²) in [6.45, 7) is 5.71. The highest BCUT2D eigenvalue weighted by Gasteiger charge is 2.21. The minimum atomic E-state index is 0.171. The van der Waals surface area contributed by atoms with Crippen LogP contribution in [0.4, 0.5) is 5.69 Å². The van der Waals surface area contributed by atoms with Crippen LogP contribution in [0.15, 0.2) is 48.7 Å². The molecule has 140 valence electrons. The molecule has 2 heterocycles. The molecule has 0 radical (unpaired) electrons. The molecule has 0 aliphatic carbocycles. The van der Waals surface area contributed by atoms with E-state index >= 15 is 0 Å². The number of rotatable bonds is 4. The number of hydrogen-bond donors (Lipinski definition) is 1. The van der Waals surface area contributed by atoms with Crippen molar-refractivity contribution in [3.8, 4) is 5.69 Å². The lowest BCUT2D eigenvalue weighted by Gasteiger charge is -2.36. The van der Waals surface area contributed by atoms with E-state index in [4.69, 9.17) is 0 Å². The minimum Gasteiger partial charge on any atom is -0.368 e. The topological polar surface area (TPSA) is 53.4 Å². The van der Waals surface area contributed by atoms with Gasteiger partial charge in [-0.05, 0) is 49.9 Å². The first-order valence-electron chi connectivity index (χ1n) is 9.38. The summed E-state index contributed by atoms with van der Waals surface area (Å²) in [6.07, 6.45) is 1.91. The predicted octanol–water partition coefficient (Wildman–Crippen LogP) is 2.20. The van der Waals surface area contributed by atoms with Gasteiger partial charge in [0, 0.05) is 37.3 Å². The summed E-state index contributed by atoms with van der Waals surface area (Å²) in [5.74, 6) is 0.171. The summed E-state index contributed by atoms with van der Waals surface area (Å²) >= 11 is 0.